The molecule has 0 heterocycles. The highest BCUT2D eigenvalue weighted by atomic mass is 35.5. The summed E-state index contributed by atoms with van der Waals surface area (Å²) in [6.07, 6.45) is 0. The number of hydrogen-bond acceptors (Lipinski definition) is 4. The highest BCUT2D eigenvalue weighted by Crippen LogP contribution is 2.50. The van der Waals surface area contributed by atoms with E-state index in [4.69, 9.17) is 55.5 Å². The van der Waals surface area contributed by atoms with E-state index >= 15 is 0 Å². The second-order valence-electron chi connectivity index (χ2n) is 2.77. The van der Waals surface area contributed by atoms with E-state index in [-0.39, 0.29) is 35.7 Å². The normalized spacial score (nSPS) is 13.0. The molecular weight excluding hydrogens is 340 g/mol. The van der Waals surface area contributed by atoms with E-state index in [9.17, 15) is 9.13 Å². The van der Waals surface area contributed by atoms with Crippen molar-refractivity contribution in [2.45, 2.75) is 0 Å². The summed E-state index contributed by atoms with van der Waals surface area (Å²) < 4.78 is 33.0. The number of alkyl halides is 4. The molecule has 0 atom stereocenters. The molecule has 0 aromatic carbocycles. The zero-order chi connectivity index (χ0) is 12.7. The van der Waals surface area contributed by atoms with Crippen LogP contribution in [0.2, 0.25) is 0 Å². The summed E-state index contributed by atoms with van der Waals surface area (Å²) in [5.74, 6) is 0. The molecule has 16 heavy (non-hydrogen) atoms. The van der Waals surface area contributed by atoms with Crippen molar-refractivity contribution in [3.63, 3.8) is 0 Å². The molecule has 0 aliphatic carbocycles. The van der Waals surface area contributed by atoms with Crippen LogP contribution in [0.3, 0.4) is 0 Å². The Balaban J connectivity index is 3.92. The van der Waals surface area contributed by atoms with Crippen molar-refractivity contribution in [3.8, 4) is 0 Å². The standard InChI is InChI=1S/C6H12Cl4O4P2/c7-3-15(11,4-8)13-1-2-14-16(12,5-9)6-10/h1-6H2. The molecule has 0 rings (SSSR count). The van der Waals surface area contributed by atoms with Crippen LogP contribution in [-0.2, 0) is 18.2 Å². The summed E-state index contributed by atoms with van der Waals surface area (Å²) in [6.45, 7) is -0.0387. The van der Waals surface area contributed by atoms with Crippen molar-refractivity contribution in [2.24, 2.45) is 0 Å². The first-order valence-electron chi connectivity index (χ1n) is 4.14. The van der Waals surface area contributed by atoms with Gasteiger partial charge in [0.05, 0.1) is 13.2 Å². The molecule has 0 radical (unpaired) electrons. The second kappa shape index (κ2) is 8.61. The smallest absolute Gasteiger partial charge is 0.231 e. The van der Waals surface area contributed by atoms with Crippen molar-refractivity contribution in [2.75, 3.05) is 35.7 Å². The summed E-state index contributed by atoms with van der Waals surface area (Å²) in [4.78, 5) is 0. The Bertz CT molecular complexity index is 244. The third kappa shape index (κ3) is 6.47. The van der Waals surface area contributed by atoms with Crippen LogP contribution in [0.4, 0.5) is 0 Å². The van der Waals surface area contributed by atoms with Gasteiger partial charge in [0.2, 0.25) is 14.7 Å². The summed E-state index contributed by atoms with van der Waals surface area (Å²) >= 11 is 21.7. The number of hydrogen-bond donors (Lipinski definition) is 0. The molecule has 0 aromatic heterocycles. The quantitative estimate of drug-likeness (QED) is 0.352. The topological polar surface area (TPSA) is 52.6 Å². The lowest BCUT2D eigenvalue weighted by molar-refractivity contribution is 0.223. The van der Waals surface area contributed by atoms with Gasteiger partial charge in [0.1, 0.15) is 22.5 Å². The molecule has 10 heteroatoms. The van der Waals surface area contributed by atoms with Crippen molar-refractivity contribution in [1.29, 1.82) is 0 Å². The molecule has 0 saturated carbocycles. The van der Waals surface area contributed by atoms with E-state index in [0.29, 0.717) is 0 Å². The maximum atomic E-state index is 11.6. The van der Waals surface area contributed by atoms with Crippen LogP contribution < -0.4 is 0 Å². The molecule has 0 fully saturated rings. The van der Waals surface area contributed by atoms with E-state index in [1.807, 2.05) is 0 Å². The highest BCUT2D eigenvalue weighted by Gasteiger charge is 2.23. The Labute approximate surface area is 115 Å². The van der Waals surface area contributed by atoms with E-state index in [2.05, 4.69) is 0 Å². The molecule has 98 valence electrons. The zero-order valence-corrected chi connectivity index (χ0v) is 13.1. The van der Waals surface area contributed by atoms with Gasteiger partial charge in [-0.1, -0.05) is 0 Å². The van der Waals surface area contributed by atoms with Crippen LogP contribution in [0.15, 0.2) is 0 Å². The van der Waals surface area contributed by atoms with Gasteiger partial charge in [-0.05, 0) is 0 Å². The molecule has 0 amide bonds. The monoisotopic (exact) mass is 350 g/mol. The molecule has 0 aromatic rings. The summed E-state index contributed by atoms with van der Waals surface area (Å²) in [6, 6.07) is 0. The van der Waals surface area contributed by atoms with Gasteiger partial charge in [-0.15, -0.1) is 46.4 Å². The fraction of sp³-hybridized carbons (Fsp3) is 1.00. The van der Waals surface area contributed by atoms with E-state index in [0.717, 1.165) is 0 Å². The number of rotatable bonds is 9. The van der Waals surface area contributed by atoms with E-state index < -0.39 is 14.7 Å². The lowest BCUT2D eigenvalue weighted by atomic mass is 10.8. The zero-order valence-electron chi connectivity index (χ0n) is 8.28. The molecule has 0 aliphatic heterocycles. The molecule has 0 spiro atoms. The maximum Gasteiger partial charge on any atom is 0.231 e. The van der Waals surface area contributed by atoms with E-state index in [1.165, 1.54) is 0 Å². The fourth-order valence-corrected chi connectivity index (χ4v) is 4.19. The lowest BCUT2D eigenvalue weighted by Crippen LogP contribution is -2.04. The molecule has 0 aliphatic rings. The van der Waals surface area contributed by atoms with Gasteiger partial charge < -0.3 is 9.05 Å². The summed E-state index contributed by atoms with van der Waals surface area (Å²) in [5, 5.41) is 0. The average molecular weight is 352 g/mol. The van der Waals surface area contributed by atoms with Crippen molar-refractivity contribution in [1.82, 2.24) is 0 Å². The van der Waals surface area contributed by atoms with Gasteiger partial charge in [0, 0.05) is 0 Å². The third-order valence-electron chi connectivity index (χ3n) is 1.46. The lowest BCUT2D eigenvalue weighted by Gasteiger charge is -2.15. The summed E-state index contributed by atoms with van der Waals surface area (Å²) in [5.41, 5.74) is -0.670. The average Bonchev–Trinajstić information content (AvgIpc) is 2.34. The van der Waals surface area contributed by atoms with Gasteiger partial charge in [-0.25, -0.2) is 0 Å². The van der Waals surface area contributed by atoms with Crippen LogP contribution in [0, 0.1) is 0 Å². The SMILES string of the molecule is O=P(CCl)(CCl)OCCOP(=O)(CCl)CCl. The first-order chi connectivity index (χ1) is 7.45. The third-order valence-corrected chi connectivity index (χ3v) is 8.60. The van der Waals surface area contributed by atoms with Crippen LogP contribution in [-0.4, -0.2) is 35.7 Å². The predicted octanol–water partition coefficient (Wildman–Crippen LogP) is 4.36. The first-order valence-corrected chi connectivity index (χ1v) is 10.3. The van der Waals surface area contributed by atoms with Crippen LogP contribution in [0.1, 0.15) is 0 Å². The fourth-order valence-electron chi connectivity index (χ4n) is 0.609. The molecule has 0 unspecified atom stereocenters. The second-order valence-corrected chi connectivity index (χ2v) is 10.4. The first kappa shape index (κ1) is 17.5. The number of halogens is 4. The summed E-state index contributed by atoms with van der Waals surface area (Å²) in [7, 11) is -5.97. The van der Waals surface area contributed by atoms with Gasteiger partial charge >= 0.3 is 0 Å². The molecular formula is C6H12Cl4O4P2. The Morgan fingerprint density at radius 3 is 1.12 bits per heavy atom. The van der Waals surface area contributed by atoms with Crippen LogP contribution in [0.25, 0.3) is 0 Å². The minimum atomic E-state index is -2.98. The van der Waals surface area contributed by atoms with Gasteiger partial charge in [-0.3, -0.25) is 9.13 Å². The Morgan fingerprint density at radius 1 is 0.688 bits per heavy atom. The van der Waals surface area contributed by atoms with Gasteiger partial charge in [-0.2, -0.15) is 0 Å². The molecule has 4 nitrogen and oxygen atoms in total. The van der Waals surface area contributed by atoms with Crippen molar-refractivity contribution < 1.29 is 18.2 Å². The van der Waals surface area contributed by atoms with E-state index in [1.54, 1.807) is 0 Å². The predicted molar refractivity (Wildman–Crippen MR) is 70.0 cm³/mol. The Kier molecular flexibility index (Phi) is 9.44. The molecule has 0 saturated heterocycles. The molecule has 0 bridgehead atoms. The highest BCUT2D eigenvalue weighted by molar-refractivity contribution is 7.62. The van der Waals surface area contributed by atoms with Gasteiger partial charge in [0.25, 0.3) is 0 Å². The maximum absolute atomic E-state index is 11.6. The van der Waals surface area contributed by atoms with Crippen LogP contribution in [0.5, 0.6) is 0 Å². The minimum absolute atomic E-state index is 0.0194. The Hall–Kier alpha value is 1.54. The minimum Gasteiger partial charge on any atom is -0.324 e. The van der Waals surface area contributed by atoms with Crippen molar-refractivity contribution >= 4 is 61.1 Å². The van der Waals surface area contributed by atoms with Crippen molar-refractivity contribution in [3.05, 3.63) is 0 Å². The largest absolute Gasteiger partial charge is 0.324 e. The van der Waals surface area contributed by atoms with Crippen LogP contribution >= 0.6 is 61.1 Å². The van der Waals surface area contributed by atoms with Gasteiger partial charge in [0.15, 0.2) is 0 Å². The Morgan fingerprint density at radius 2 is 0.938 bits per heavy atom. The molecule has 0 N–H and O–H groups in total.